The van der Waals surface area contributed by atoms with E-state index in [-0.39, 0.29) is 31.1 Å². The van der Waals surface area contributed by atoms with Gasteiger partial charge >= 0.3 is 17.9 Å². The van der Waals surface area contributed by atoms with Crippen molar-refractivity contribution < 1.29 is 28.6 Å². The van der Waals surface area contributed by atoms with E-state index in [9.17, 15) is 14.4 Å². The smallest absolute Gasteiger partial charge is 0.306 e. The van der Waals surface area contributed by atoms with Crippen LogP contribution < -0.4 is 0 Å². The van der Waals surface area contributed by atoms with Gasteiger partial charge in [-0.05, 0) is 89.9 Å². The van der Waals surface area contributed by atoms with Gasteiger partial charge in [0, 0.05) is 19.3 Å². The Hall–Kier alpha value is -3.15. The van der Waals surface area contributed by atoms with Gasteiger partial charge in [0.15, 0.2) is 6.10 Å². The predicted octanol–water partition coefficient (Wildman–Crippen LogP) is 25.2. The molecule has 0 bridgehead atoms. The Balaban J connectivity index is 4.26. The topological polar surface area (TPSA) is 78.9 Å². The molecule has 0 amide bonds. The molecule has 0 fully saturated rings. The van der Waals surface area contributed by atoms with Crippen LogP contribution in [0.25, 0.3) is 0 Å². The molecule has 0 N–H and O–H groups in total. The van der Waals surface area contributed by atoms with E-state index in [4.69, 9.17) is 14.2 Å². The molecule has 0 aliphatic rings. The minimum Gasteiger partial charge on any atom is -0.462 e. The molecule has 0 saturated carbocycles. The van der Waals surface area contributed by atoms with Crippen LogP contribution in [0, 0.1) is 0 Å². The summed E-state index contributed by atoms with van der Waals surface area (Å²) in [5, 5.41) is 0. The van der Waals surface area contributed by atoms with E-state index in [2.05, 4.69) is 93.7 Å². The van der Waals surface area contributed by atoms with Gasteiger partial charge in [0.1, 0.15) is 13.2 Å². The Morgan fingerprint density at radius 2 is 0.470 bits per heavy atom. The Labute approximate surface area is 516 Å². The average molecular weight is 1160 g/mol. The van der Waals surface area contributed by atoms with Crippen LogP contribution in [0.4, 0.5) is 0 Å². The normalized spacial score (nSPS) is 12.5. The lowest BCUT2D eigenvalue weighted by atomic mass is 10.0. The van der Waals surface area contributed by atoms with E-state index in [0.717, 1.165) is 89.9 Å². The molecule has 0 rings (SSSR count). The van der Waals surface area contributed by atoms with Crippen molar-refractivity contribution in [2.75, 3.05) is 13.2 Å². The molecule has 83 heavy (non-hydrogen) atoms. The first-order valence-corrected chi connectivity index (χ1v) is 36.4. The third-order valence-corrected chi connectivity index (χ3v) is 16.2. The zero-order chi connectivity index (χ0) is 59.9. The molecule has 0 heterocycles. The summed E-state index contributed by atoms with van der Waals surface area (Å²) in [5.41, 5.74) is 0. The van der Waals surface area contributed by atoms with E-state index in [1.165, 1.54) is 250 Å². The van der Waals surface area contributed by atoms with E-state index < -0.39 is 6.10 Å². The van der Waals surface area contributed by atoms with Crippen LogP contribution in [0.5, 0.6) is 0 Å². The van der Waals surface area contributed by atoms with E-state index in [1.807, 2.05) is 0 Å². The summed E-state index contributed by atoms with van der Waals surface area (Å²) < 4.78 is 17.0. The highest BCUT2D eigenvalue weighted by atomic mass is 16.6. The summed E-state index contributed by atoms with van der Waals surface area (Å²) in [7, 11) is 0. The molecule has 6 nitrogen and oxygen atoms in total. The zero-order valence-corrected chi connectivity index (χ0v) is 55.5. The summed E-state index contributed by atoms with van der Waals surface area (Å²) in [6.45, 7) is 6.58. The van der Waals surface area contributed by atoms with Gasteiger partial charge in [0.2, 0.25) is 0 Å². The molecule has 0 aromatic rings. The molecule has 1 atom stereocenters. The van der Waals surface area contributed by atoms with Crippen molar-refractivity contribution in [3.8, 4) is 0 Å². The quantitative estimate of drug-likeness (QED) is 0.0261. The van der Waals surface area contributed by atoms with E-state index in [1.54, 1.807) is 0 Å². The largest absolute Gasteiger partial charge is 0.462 e. The predicted molar refractivity (Wildman–Crippen MR) is 362 cm³/mol. The highest BCUT2D eigenvalue weighted by Crippen LogP contribution is 2.18. The van der Waals surface area contributed by atoms with Gasteiger partial charge in [-0.1, -0.05) is 344 Å². The van der Waals surface area contributed by atoms with Crippen LogP contribution in [-0.4, -0.2) is 37.2 Å². The molecule has 0 aromatic heterocycles. The van der Waals surface area contributed by atoms with Crippen molar-refractivity contribution >= 4 is 17.9 Å². The third kappa shape index (κ3) is 69.5. The Morgan fingerprint density at radius 1 is 0.253 bits per heavy atom. The van der Waals surface area contributed by atoms with E-state index in [0.29, 0.717) is 19.3 Å². The van der Waals surface area contributed by atoms with Crippen LogP contribution in [-0.2, 0) is 28.6 Å². The number of ether oxygens (including phenoxy) is 3. The summed E-state index contributed by atoms with van der Waals surface area (Å²) in [6, 6.07) is 0. The molecule has 0 radical (unpaired) electrons. The van der Waals surface area contributed by atoms with Crippen molar-refractivity contribution in [3.05, 3.63) is 72.9 Å². The molecule has 0 aliphatic carbocycles. The molecular weight excluding hydrogens is 1020 g/mol. The van der Waals surface area contributed by atoms with Crippen LogP contribution in [0.15, 0.2) is 72.9 Å². The van der Waals surface area contributed by atoms with Gasteiger partial charge < -0.3 is 14.2 Å². The second-order valence-corrected chi connectivity index (χ2v) is 24.5. The minimum atomic E-state index is -0.776. The molecular formula is C77H138O6. The Bertz CT molecular complexity index is 1520. The van der Waals surface area contributed by atoms with Gasteiger partial charge in [-0.25, -0.2) is 0 Å². The lowest BCUT2D eigenvalue weighted by molar-refractivity contribution is -0.167. The number of carbonyl (C=O) groups excluding carboxylic acids is 3. The molecule has 482 valence electrons. The maximum absolute atomic E-state index is 13.0. The fourth-order valence-corrected chi connectivity index (χ4v) is 10.8. The maximum atomic E-state index is 13.0. The highest BCUT2D eigenvalue weighted by Gasteiger charge is 2.19. The molecule has 0 aliphatic heterocycles. The van der Waals surface area contributed by atoms with Crippen molar-refractivity contribution in [1.82, 2.24) is 0 Å². The van der Waals surface area contributed by atoms with Gasteiger partial charge in [-0.15, -0.1) is 0 Å². The van der Waals surface area contributed by atoms with Crippen LogP contribution in [0.1, 0.15) is 380 Å². The maximum Gasteiger partial charge on any atom is 0.306 e. The summed E-state index contributed by atoms with van der Waals surface area (Å²) in [5.74, 6) is -0.850. The minimum absolute atomic E-state index is 0.0713. The van der Waals surface area contributed by atoms with E-state index >= 15 is 0 Å². The van der Waals surface area contributed by atoms with Crippen molar-refractivity contribution in [1.29, 1.82) is 0 Å². The van der Waals surface area contributed by atoms with Gasteiger partial charge in [0.05, 0.1) is 0 Å². The number of carbonyl (C=O) groups is 3. The van der Waals surface area contributed by atoms with Crippen LogP contribution in [0.3, 0.4) is 0 Å². The average Bonchev–Trinajstić information content (AvgIpc) is 3.49. The van der Waals surface area contributed by atoms with Crippen LogP contribution in [0.2, 0.25) is 0 Å². The van der Waals surface area contributed by atoms with Gasteiger partial charge in [-0.3, -0.25) is 14.4 Å². The molecule has 1 unspecified atom stereocenters. The third-order valence-electron chi connectivity index (χ3n) is 16.2. The number of unbranched alkanes of at least 4 members (excludes halogenated alkanes) is 44. The second-order valence-electron chi connectivity index (χ2n) is 24.5. The standard InChI is InChI=1S/C77H138O6/c1-4-7-10-13-16-19-22-25-28-30-32-34-35-36-37-38-39-40-41-43-44-46-49-52-55-58-61-64-67-70-76(79)82-73-74(72-81-75(78)69-66-63-60-57-54-51-48-27-24-21-18-15-12-9-6-3)83-77(80)71-68-65-62-59-56-53-50-47-45-42-33-31-29-26-23-20-17-14-11-8-5-2/h7,10,16,19,23,25-26,28,31-34,74H,4-6,8-9,11-15,17-18,20-22,24,27,29-30,35-73H2,1-3H3/b10-7-,19-16-,26-23-,28-25-,33-31-,34-32-. The lowest BCUT2D eigenvalue weighted by Gasteiger charge is -2.18. The molecule has 0 saturated heterocycles. The number of allylic oxidation sites excluding steroid dienone is 12. The van der Waals surface area contributed by atoms with Gasteiger partial charge in [-0.2, -0.15) is 0 Å². The SMILES string of the molecule is CC/C=C\C/C=C\C/C=C\C/C=C\CCCCCCCCCCCCCCCCCCC(=O)OCC(COC(=O)CCCCCCCCCCCCCCCCC)OC(=O)CCCCCCCCCCC/C=C\C/C=C\CCCCCCC. The molecule has 6 heteroatoms. The van der Waals surface area contributed by atoms with Crippen molar-refractivity contribution in [2.45, 2.75) is 386 Å². The van der Waals surface area contributed by atoms with Gasteiger partial charge in [0.25, 0.3) is 0 Å². The summed E-state index contributed by atoms with van der Waals surface area (Å²) in [4.78, 5) is 38.5. The number of hydrogen-bond acceptors (Lipinski definition) is 6. The fraction of sp³-hybridized carbons (Fsp3) is 0.805. The van der Waals surface area contributed by atoms with Crippen molar-refractivity contribution in [3.63, 3.8) is 0 Å². The highest BCUT2D eigenvalue weighted by molar-refractivity contribution is 5.71. The van der Waals surface area contributed by atoms with Crippen LogP contribution >= 0.6 is 0 Å². The Kier molecular flexibility index (Phi) is 68.6. The summed E-state index contributed by atoms with van der Waals surface area (Å²) in [6.07, 6.45) is 93.6. The lowest BCUT2D eigenvalue weighted by Crippen LogP contribution is -2.30. The fourth-order valence-electron chi connectivity index (χ4n) is 10.8. The first-order chi connectivity index (χ1) is 41.0. The number of hydrogen-bond donors (Lipinski definition) is 0. The monoisotopic (exact) mass is 1160 g/mol. The number of rotatable bonds is 67. The number of esters is 3. The molecule has 0 spiro atoms. The van der Waals surface area contributed by atoms with Crippen molar-refractivity contribution in [2.24, 2.45) is 0 Å². The summed E-state index contributed by atoms with van der Waals surface area (Å²) >= 11 is 0. The zero-order valence-electron chi connectivity index (χ0n) is 55.5. The first-order valence-electron chi connectivity index (χ1n) is 36.4. The first kappa shape index (κ1) is 79.8. The Morgan fingerprint density at radius 3 is 0.735 bits per heavy atom. The second kappa shape index (κ2) is 71.3. The molecule has 0 aromatic carbocycles.